The van der Waals surface area contributed by atoms with Gasteiger partial charge in [0.1, 0.15) is 0 Å². The van der Waals surface area contributed by atoms with E-state index in [9.17, 15) is 0 Å². The molecular weight excluding hydrogens is 196 g/mol. The fourth-order valence-electron chi connectivity index (χ4n) is 3.36. The summed E-state index contributed by atoms with van der Waals surface area (Å²) in [6.45, 7) is 9.26. The van der Waals surface area contributed by atoms with Crippen LogP contribution in [0.5, 0.6) is 0 Å². The third-order valence-corrected chi connectivity index (χ3v) is 4.92. The maximum atomic E-state index is 5.82. The molecule has 0 aromatic rings. The Labute approximate surface area is 101 Å². The third kappa shape index (κ3) is 2.43. The molecule has 0 bridgehead atoms. The minimum Gasteiger partial charge on any atom is -0.330 e. The van der Waals surface area contributed by atoms with Crippen molar-refractivity contribution in [3.63, 3.8) is 0 Å². The van der Waals surface area contributed by atoms with Gasteiger partial charge in [0.05, 0.1) is 0 Å². The Bertz CT molecular complexity index is 221. The second kappa shape index (κ2) is 5.05. The van der Waals surface area contributed by atoms with Gasteiger partial charge >= 0.3 is 0 Å². The van der Waals surface area contributed by atoms with E-state index in [0.29, 0.717) is 0 Å². The molecule has 0 aromatic heterocycles. The van der Waals surface area contributed by atoms with E-state index in [1.807, 2.05) is 0 Å². The van der Waals surface area contributed by atoms with Crippen molar-refractivity contribution in [2.75, 3.05) is 13.1 Å². The van der Waals surface area contributed by atoms with Crippen LogP contribution in [0, 0.1) is 17.8 Å². The molecule has 2 N–H and O–H groups in total. The summed E-state index contributed by atoms with van der Waals surface area (Å²) in [6, 6.07) is 1.66. The van der Waals surface area contributed by atoms with Gasteiger partial charge in [0.2, 0.25) is 0 Å². The monoisotopic (exact) mass is 224 g/mol. The summed E-state index contributed by atoms with van der Waals surface area (Å²) in [4.78, 5) is 2.75. The number of nitrogens with zero attached hydrogens (tertiary/aromatic N) is 1. The van der Waals surface area contributed by atoms with Gasteiger partial charge in [-0.1, -0.05) is 13.8 Å². The Balaban J connectivity index is 1.84. The fourth-order valence-corrected chi connectivity index (χ4v) is 3.36. The second-order valence-electron chi connectivity index (χ2n) is 6.35. The topological polar surface area (TPSA) is 29.3 Å². The summed E-state index contributed by atoms with van der Waals surface area (Å²) in [5.41, 5.74) is 5.82. The SMILES string of the molecule is CC(C)C1CC(N2CC(CN)CCC2C)C1. The zero-order valence-electron chi connectivity index (χ0n) is 11.2. The van der Waals surface area contributed by atoms with Crippen LogP contribution in [0.15, 0.2) is 0 Å². The third-order valence-electron chi connectivity index (χ3n) is 4.92. The van der Waals surface area contributed by atoms with E-state index >= 15 is 0 Å². The molecule has 1 saturated heterocycles. The molecule has 2 heteroatoms. The lowest BCUT2D eigenvalue weighted by atomic mass is 9.72. The number of hydrogen-bond donors (Lipinski definition) is 1. The molecule has 2 aliphatic rings. The normalized spacial score (nSPS) is 41.1. The lowest BCUT2D eigenvalue weighted by Gasteiger charge is -2.50. The molecule has 16 heavy (non-hydrogen) atoms. The number of piperidine rings is 1. The summed E-state index contributed by atoms with van der Waals surface area (Å²) in [7, 11) is 0. The van der Waals surface area contributed by atoms with Gasteiger partial charge in [0, 0.05) is 18.6 Å². The Morgan fingerprint density at radius 3 is 2.50 bits per heavy atom. The molecule has 0 spiro atoms. The largest absolute Gasteiger partial charge is 0.330 e. The first-order valence-electron chi connectivity index (χ1n) is 7.07. The standard InChI is InChI=1S/C14H28N2/c1-10(2)13-6-14(7-13)16-9-12(8-15)5-4-11(16)3/h10-14H,4-9,15H2,1-3H3. The van der Waals surface area contributed by atoms with Crippen molar-refractivity contribution < 1.29 is 0 Å². The summed E-state index contributed by atoms with van der Waals surface area (Å²) >= 11 is 0. The molecule has 0 radical (unpaired) electrons. The summed E-state index contributed by atoms with van der Waals surface area (Å²) in [6.07, 6.45) is 5.55. The fraction of sp³-hybridized carbons (Fsp3) is 1.00. The van der Waals surface area contributed by atoms with Crippen LogP contribution in [0.3, 0.4) is 0 Å². The average Bonchev–Trinajstić information content (AvgIpc) is 2.18. The van der Waals surface area contributed by atoms with Crippen LogP contribution in [0.25, 0.3) is 0 Å². The molecule has 1 heterocycles. The van der Waals surface area contributed by atoms with Crippen LogP contribution in [0.1, 0.15) is 46.5 Å². The molecule has 0 amide bonds. The highest BCUT2D eigenvalue weighted by molar-refractivity contribution is 4.93. The zero-order valence-corrected chi connectivity index (χ0v) is 11.2. The van der Waals surface area contributed by atoms with E-state index in [4.69, 9.17) is 5.73 Å². The predicted octanol–water partition coefficient (Wildman–Crippen LogP) is 2.48. The molecular formula is C14H28N2. The van der Waals surface area contributed by atoms with Gasteiger partial charge in [-0.2, -0.15) is 0 Å². The van der Waals surface area contributed by atoms with E-state index in [2.05, 4.69) is 25.7 Å². The molecule has 2 atom stereocenters. The second-order valence-corrected chi connectivity index (χ2v) is 6.35. The molecule has 2 rings (SSSR count). The van der Waals surface area contributed by atoms with Crippen molar-refractivity contribution in [2.45, 2.75) is 58.5 Å². The van der Waals surface area contributed by atoms with Crippen LogP contribution >= 0.6 is 0 Å². The Morgan fingerprint density at radius 1 is 1.25 bits per heavy atom. The summed E-state index contributed by atoms with van der Waals surface area (Å²) in [5, 5.41) is 0. The van der Waals surface area contributed by atoms with Gasteiger partial charge in [0.15, 0.2) is 0 Å². The highest BCUT2D eigenvalue weighted by atomic mass is 15.2. The molecule has 2 fully saturated rings. The van der Waals surface area contributed by atoms with Gasteiger partial charge < -0.3 is 5.73 Å². The average molecular weight is 224 g/mol. The van der Waals surface area contributed by atoms with Crippen LogP contribution in [0.4, 0.5) is 0 Å². The molecule has 0 aromatic carbocycles. The van der Waals surface area contributed by atoms with E-state index in [1.165, 1.54) is 32.2 Å². The summed E-state index contributed by atoms with van der Waals surface area (Å²) in [5.74, 6) is 2.62. The van der Waals surface area contributed by atoms with Crippen molar-refractivity contribution in [2.24, 2.45) is 23.5 Å². The number of nitrogens with two attached hydrogens (primary N) is 1. The van der Waals surface area contributed by atoms with Gasteiger partial charge in [-0.05, 0) is 56.9 Å². The van der Waals surface area contributed by atoms with Crippen molar-refractivity contribution in [3.8, 4) is 0 Å². The van der Waals surface area contributed by atoms with Gasteiger partial charge in [0.25, 0.3) is 0 Å². The van der Waals surface area contributed by atoms with Gasteiger partial charge in [-0.3, -0.25) is 4.90 Å². The predicted molar refractivity (Wildman–Crippen MR) is 69.3 cm³/mol. The Hall–Kier alpha value is -0.0800. The smallest absolute Gasteiger partial charge is 0.0104 e. The van der Waals surface area contributed by atoms with Crippen molar-refractivity contribution in [1.29, 1.82) is 0 Å². The Kier molecular flexibility index (Phi) is 3.91. The van der Waals surface area contributed by atoms with Crippen molar-refractivity contribution in [1.82, 2.24) is 4.90 Å². The van der Waals surface area contributed by atoms with E-state index in [1.54, 1.807) is 0 Å². The number of rotatable bonds is 3. The Morgan fingerprint density at radius 2 is 1.94 bits per heavy atom. The highest BCUT2D eigenvalue weighted by Gasteiger charge is 2.38. The minimum absolute atomic E-state index is 0.759. The lowest BCUT2D eigenvalue weighted by Crippen LogP contribution is -2.54. The van der Waals surface area contributed by atoms with Crippen molar-refractivity contribution >= 4 is 0 Å². The maximum Gasteiger partial charge on any atom is 0.0104 e. The van der Waals surface area contributed by atoms with Gasteiger partial charge in [-0.15, -0.1) is 0 Å². The molecule has 1 aliphatic carbocycles. The van der Waals surface area contributed by atoms with E-state index < -0.39 is 0 Å². The van der Waals surface area contributed by atoms with Crippen LogP contribution < -0.4 is 5.73 Å². The molecule has 1 aliphatic heterocycles. The van der Waals surface area contributed by atoms with Crippen LogP contribution in [-0.4, -0.2) is 30.1 Å². The van der Waals surface area contributed by atoms with Crippen molar-refractivity contribution in [3.05, 3.63) is 0 Å². The first-order chi connectivity index (χ1) is 7.61. The first-order valence-corrected chi connectivity index (χ1v) is 7.07. The lowest BCUT2D eigenvalue weighted by molar-refractivity contribution is -0.00332. The van der Waals surface area contributed by atoms with E-state index in [-0.39, 0.29) is 0 Å². The van der Waals surface area contributed by atoms with E-state index in [0.717, 1.165) is 36.4 Å². The van der Waals surface area contributed by atoms with Crippen LogP contribution in [-0.2, 0) is 0 Å². The zero-order chi connectivity index (χ0) is 11.7. The van der Waals surface area contributed by atoms with Crippen LogP contribution in [0.2, 0.25) is 0 Å². The first kappa shape index (κ1) is 12.4. The quantitative estimate of drug-likeness (QED) is 0.798. The molecule has 1 saturated carbocycles. The maximum absolute atomic E-state index is 5.82. The number of hydrogen-bond acceptors (Lipinski definition) is 2. The molecule has 94 valence electrons. The molecule has 2 unspecified atom stereocenters. The number of likely N-dealkylation sites (tertiary alicyclic amines) is 1. The minimum atomic E-state index is 0.759. The molecule has 2 nitrogen and oxygen atoms in total. The highest BCUT2D eigenvalue weighted by Crippen LogP contribution is 2.39. The van der Waals surface area contributed by atoms with Gasteiger partial charge in [-0.25, -0.2) is 0 Å². The summed E-state index contributed by atoms with van der Waals surface area (Å²) < 4.78 is 0.